The van der Waals surface area contributed by atoms with Crippen LogP contribution in [0.1, 0.15) is 39.9 Å². The Labute approximate surface area is 177 Å². The van der Waals surface area contributed by atoms with Gasteiger partial charge in [-0.15, -0.1) is 0 Å². The molecule has 4 heteroatoms. The van der Waals surface area contributed by atoms with Crippen molar-refractivity contribution in [3.8, 4) is 22.8 Å². The van der Waals surface area contributed by atoms with E-state index in [1.54, 1.807) is 0 Å². The van der Waals surface area contributed by atoms with E-state index in [0.717, 1.165) is 28.9 Å². The molecule has 3 aromatic rings. The maximum atomic E-state index is 4.79. The van der Waals surface area contributed by atoms with Gasteiger partial charge in [0.1, 0.15) is 0 Å². The highest BCUT2D eigenvalue weighted by Crippen LogP contribution is 2.29. The molecule has 0 aliphatic heterocycles. The van der Waals surface area contributed by atoms with Gasteiger partial charge in [-0.05, 0) is 19.3 Å². The Morgan fingerprint density at radius 3 is 1.62 bits per heavy atom. The van der Waals surface area contributed by atoms with Crippen LogP contribution in [0.25, 0.3) is 28.3 Å². The van der Waals surface area contributed by atoms with E-state index < -0.39 is 0 Å². The Bertz CT molecular complexity index is 922. The van der Waals surface area contributed by atoms with Crippen molar-refractivity contribution in [2.45, 2.75) is 34.1 Å². The molecule has 4 rings (SSSR count). The van der Waals surface area contributed by atoms with Gasteiger partial charge in [-0.3, -0.25) is 0 Å². The van der Waals surface area contributed by atoms with Gasteiger partial charge in [-0.2, -0.15) is 9.90 Å². The average molecular weight is 404 g/mol. The molecule has 0 saturated carbocycles. The third-order valence-corrected chi connectivity index (χ3v) is 4.47. The first-order valence-corrected chi connectivity index (χ1v) is 9.95. The highest BCUT2D eigenvalue weighted by Gasteiger charge is 2.16. The number of hydrogen-bond acceptors (Lipinski definition) is 3. The molecule has 2 unspecified atom stereocenters. The van der Waals surface area contributed by atoms with Gasteiger partial charge >= 0.3 is 0 Å². The van der Waals surface area contributed by atoms with Crippen LogP contribution in [0, 0.1) is 5.92 Å². The Balaban J connectivity index is 0.000000970. The number of benzene rings is 2. The fourth-order valence-electron chi connectivity index (χ4n) is 3.32. The van der Waals surface area contributed by atoms with Crippen LogP contribution in [-0.4, -0.2) is 15.0 Å². The summed E-state index contributed by atoms with van der Waals surface area (Å²) < 4.78 is 0. The van der Waals surface area contributed by atoms with Crippen molar-refractivity contribution < 1.29 is 0 Å². The third kappa shape index (κ3) is 5.68. The first-order chi connectivity index (χ1) is 13.7. The van der Waals surface area contributed by atoms with Gasteiger partial charge in [0, 0.05) is 16.7 Å². The lowest BCUT2D eigenvalue weighted by molar-refractivity contribution is 0.709. The summed E-state index contributed by atoms with van der Waals surface area (Å²) in [5, 5.41) is 0. The van der Waals surface area contributed by atoms with Crippen molar-refractivity contribution in [1.29, 1.82) is 0 Å². The van der Waals surface area contributed by atoms with E-state index in [1.165, 1.54) is 5.57 Å². The minimum atomic E-state index is 0. The fourth-order valence-corrected chi connectivity index (χ4v) is 3.32. The monoisotopic (exact) mass is 403 g/mol. The molecule has 0 fully saturated rings. The molecular weight excluding hydrogens is 373 g/mol. The molecule has 0 bridgehead atoms. The Kier molecular flexibility index (Phi) is 8.42. The summed E-state index contributed by atoms with van der Waals surface area (Å²) in [7, 11) is 0. The first-order valence-electron chi connectivity index (χ1n) is 9.95. The van der Waals surface area contributed by atoms with Gasteiger partial charge in [-0.25, -0.2) is 15.0 Å². The first kappa shape index (κ1) is 22.6. The van der Waals surface area contributed by atoms with E-state index in [0.29, 0.717) is 17.6 Å². The van der Waals surface area contributed by atoms with Crippen LogP contribution in [-0.2, 0) is 0 Å². The Hall–Kier alpha value is -2.64. The Morgan fingerprint density at radius 2 is 1.17 bits per heavy atom. The minimum absolute atomic E-state index is 0. The van der Waals surface area contributed by atoms with E-state index >= 15 is 0 Å². The molecule has 29 heavy (non-hydrogen) atoms. The molecule has 1 aromatic heterocycles. The van der Waals surface area contributed by atoms with Crippen molar-refractivity contribution >= 4 is 15.5 Å². The van der Waals surface area contributed by atoms with E-state index in [-0.39, 0.29) is 9.90 Å². The lowest BCUT2D eigenvalue weighted by Gasteiger charge is -2.16. The van der Waals surface area contributed by atoms with Gasteiger partial charge < -0.3 is 0 Å². The molecule has 0 radical (unpaired) electrons. The van der Waals surface area contributed by atoms with E-state index in [9.17, 15) is 0 Å². The predicted octanol–water partition coefficient (Wildman–Crippen LogP) is 6.66. The zero-order chi connectivity index (χ0) is 19.9. The predicted molar refractivity (Wildman–Crippen MR) is 129 cm³/mol. The van der Waals surface area contributed by atoms with Crippen molar-refractivity contribution in [2.24, 2.45) is 5.92 Å². The van der Waals surface area contributed by atoms with E-state index in [2.05, 4.69) is 26.0 Å². The maximum absolute atomic E-state index is 4.79. The molecule has 1 aliphatic rings. The van der Waals surface area contributed by atoms with Gasteiger partial charge in [-0.1, -0.05) is 99.2 Å². The molecule has 0 spiro atoms. The molecule has 0 amide bonds. The van der Waals surface area contributed by atoms with Crippen LogP contribution in [0.4, 0.5) is 0 Å². The zero-order valence-electron chi connectivity index (χ0n) is 17.8. The van der Waals surface area contributed by atoms with Crippen LogP contribution >= 0.6 is 9.90 Å². The summed E-state index contributed by atoms with van der Waals surface area (Å²) in [6.45, 7) is 8.40. The average Bonchev–Trinajstić information content (AvgIpc) is 2.75. The second-order valence-corrected chi connectivity index (χ2v) is 6.83. The summed E-state index contributed by atoms with van der Waals surface area (Å²) in [4.78, 5) is 14.3. The number of rotatable bonds is 3. The van der Waals surface area contributed by atoms with Gasteiger partial charge in [0.05, 0.1) is 0 Å². The molecule has 0 saturated heterocycles. The van der Waals surface area contributed by atoms with Gasteiger partial charge in [0.2, 0.25) is 0 Å². The molecule has 2 atom stereocenters. The smallest absolute Gasteiger partial charge is 0.164 e. The second-order valence-electron chi connectivity index (χ2n) is 6.83. The number of aromatic nitrogens is 3. The topological polar surface area (TPSA) is 38.7 Å². The van der Waals surface area contributed by atoms with Crippen molar-refractivity contribution in [3.05, 3.63) is 84.2 Å². The standard InChI is InChI=1S/C23H21N3.C2H6.H3P/c1-16-13-17(2)15-20(14-16)23-25-21(18-9-5-3-6-10-18)24-22(26-23)19-11-7-4-8-12-19;1-2;/h3-12,14-16H,13H2,1-2H3;1-2H3;1H3. The van der Waals surface area contributed by atoms with Crippen molar-refractivity contribution in [1.82, 2.24) is 15.0 Å². The van der Waals surface area contributed by atoms with Crippen LogP contribution in [0.15, 0.2) is 78.4 Å². The van der Waals surface area contributed by atoms with Crippen LogP contribution < -0.4 is 0 Å². The molecule has 2 aromatic carbocycles. The Morgan fingerprint density at radius 1 is 0.724 bits per heavy atom. The highest BCUT2D eigenvalue weighted by molar-refractivity contribution is 6.92. The summed E-state index contributed by atoms with van der Waals surface area (Å²) in [6, 6.07) is 20.2. The largest absolute Gasteiger partial charge is 0.208 e. The van der Waals surface area contributed by atoms with Crippen LogP contribution in [0.5, 0.6) is 0 Å². The molecule has 0 N–H and O–H groups in total. The molecule has 1 aliphatic carbocycles. The van der Waals surface area contributed by atoms with E-state index in [4.69, 9.17) is 15.0 Å². The lowest BCUT2D eigenvalue weighted by atomic mass is 9.92. The molecular formula is C25H30N3P. The maximum Gasteiger partial charge on any atom is 0.164 e. The summed E-state index contributed by atoms with van der Waals surface area (Å²) in [6.07, 6.45) is 5.54. The highest BCUT2D eigenvalue weighted by atomic mass is 31.0. The number of allylic oxidation sites excluding steroid dienone is 4. The van der Waals surface area contributed by atoms with Crippen LogP contribution in [0.3, 0.4) is 0 Å². The summed E-state index contributed by atoms with van der Waals surface area (Å²) in [5.74, 6) is 2.65. The minimum Gasteiger partial charge on any atom is -0.208 e. The van der Waals surface area contributed by atoms with Gasteiger partial charge in [0.25, 0.3) is 0 Å². The molecule has 3 nitrogen and oxygen atoms in total. The van der Waals surface area contributed by atoms with Gasteiger partial charge in [0.15, 0.2) is 17.5 Å². The molecule has 1 heterocycles. The molecule has 150 valence electrons. The van der Waals surface area contributed by atoms with E-state index in [1.807, 2.05) is 74.5 Å². The summed E-state index contributed by atoms with van der Waals surface area (Å²) in [5.41, 5.74) is 4.44. The third-order valence-electron chi connectivity index (χ3n) is 4.47. The van der Waals surface area contributed by atoms with Crippen LogP contribution in [0.2, 0.25) is 0 Å². The fraction of sp³-hybridized carbons (Fsp3) is 0.240. The second kappa shape index (κ2) is 10.8. The zero-order valence-corrected chi connectivity index (χ0v) is 19.2. The quantitative estimate of drug-likeness (QED) is 0.459. The summed E-state index contributed by atoms with van der Waals surface area (Å²) >= 11 is 0. The number of nitrogens with zero attached hydrogens (tertiary/aromatic N) is 3. The number of hydrogen-bond donors (Lipinski definition) is 0. The lowest BCUT2D eigenvalue weighted by Crippen LogP contribution is -2.06. The normalized spacial score (nSPS) is 15.2. The van der Waals surface area contributed by atoms with Crippen molar-refractivity contribution in [2.75, 3.05) is 0 Å². The SMILES string of the molecule is CC.CC1=CC(c2nc(-c3ccccc3)nc(-c3ccccc3)n2)=CC(C)C1.P. The van der Waals surface area contributed by atoms with Crippen molar-refractivity contribution in [3.63, 3.8) is 0 Å².